The zero-order valence-electron chi connectivity index (χ0n) is 7.79. The SMILES string of the molecule is O=C1CC(c2ccccc2Cl)NC(=O)N1. The molecule has 4 nitrogen and oxygen atoms in total. The summed E-state index contributed by atoms with van der Waals surface area (Å²) in [6.45, 7) is 0. The Morgan fingerprint density at radius 1 is 1.27 bits per heavy atom. The van der Waals surface area contributed by atoms with Gasteiger partial charge in [-0.3, -0.25) is 10.1 Å². The Morgan fingerprint density at radius 3 is 2.67 bits per heavy atom. The van der Waals surface area contributed by atoms with Crippen LogP contribution in [0.1, 0.15) is 18.0 Å². The Hall–Kier alpha value is -1.55. The summed E-state index contributed by atoms with van der Waals surface area (Å²) < 4.78 is 0. The number of benzene rings is 1. The molecule has 15 heavy (non-hydrogen) atoms. The van der Waals surface area contributed by atoms with Gasteiger partial charge in [0.05, 0.1) is 12.5 Å². The average molecular weight is 225 g/mol. The first kappa shape index (κ1) is 9.98. The van der Waals surface area contributed by atoms with Crippen molar-refractivity contribution in [2.75, 3.05) is 0 Å². The van der Waals surface area contributed by atoms with Crippen LogP contribution in [-0.4, -0.2) is 11.9 Å². The van der Waals surface area contributed by atoms with E-state index in [9.17, 15) is 9.59 Å². The second-order valence-electron chi connectivity index (χ2n) is 3.30. The normalized spacial score (nSPS) is 20.7. The molecule has 2 rings (SSSR count). The van der Waals surface area contributed by atoms with Crippen LogP contribution < -0.4 is 10.6 Å². The third-order valence-electron chi connectivity index (χ3n) is 2.23. The van der Waals surface area contributed by atoms with Gasteiger partial charge in [0.1, 0.15) is 0 Å². The zero-order chi connectivity index (χ0) is 10.8. The molecule has 0 aromatic heterocycles. The molecule has 3 amide bonds. The molecule has 1 aliphatic rings. The maximum absolute atomic E-state index is 11.2. The molecule has 1 heterocycles. The van der Waals surface area contributed by atoms with Crippen molar-refractivity contribution in [1.82, 2.24) is 10.6 Å². The van der Waals surface area contributed by atoms with Crippen LogP contribution in [0.25, 0.3) is 0 Å². The van der Waals surface area contributed by atoms with Crippen LogP contribution in [0.3, 0.4) is 0 Å². The molecule has 1 aromatic rings. The molecular weight excluding hydrogens is 216 g/mol. The maximum atomic E-state index is 11.2. The van der Waals surface area contributed by atoms with Gasteiger partial charge in [-0.15, -0.1) is 0 Å². The van der Waals surface area contributed by atoms with Crippen LogP contribution in [0.5, 0.6) is 0 Å². The first-order valence-electron chi connectivity index (χ1n) is 4.51. The first-order chi connectivity index (χ1) is 7.16. The molecular formula is C10H9ClN2O2. The van der Waals surface area contributed by atoms with E-state index in [1.165, 1.54) is 0 Å². The van der Waals surface area contributed by atoms with Gasteiger partial charge in [0, 0.05) is 5.02 Å². The largest absolute Gasteiger partial charge is 0.330 e. The van der Waals surface area contributed by atoms with Crippen LogP contribution in [0.2, 0.25) is 5.02 Å². The smallest absolute Gasteiger partial charge is 0.321 e. The summed E-state index contributed by atoms with van der Waals surface area (Å²) in [5.41, 5.74) is 0.766. The van der Waals surface area contributed by atoms with Gasteiger partial charge in [0.15, 0.2) is 0 Å². The average Bonchev–Trinajstić information content (AvgIpc) is 2.16. The van der Waals surface area contributed by atoms with E-state index in [1.54, 1.807) is 18.2 Å². The van der Waals surface area contributed by atoms with Crippen molar-refractivity contribution >= 4 is 23.5 Å². The zero-order valence-corrected chi connectivity index (χ0v) is 8.54. The van der Waals surface area contributed by atoms with Crippen molar-refractivity contribution < 1.29 is 9.59 Å². The van der Waals surface area contributed by atoms with Crippen molar-refractivity contribution in [3.05, 3.63) is 34.9 Å². The second kappa shape index (κ2) is 3.90. The van der Waals surface area contributed by atoms with Crippen molar-refractivity contribution in [2.24, 2.45) is 0 Å². The van der Waals surface area contributed by atoms with E-state index in [1.807, 2.05) is 6.07 Å². The van der Waals surface area contributed by atoms with Gasteiger partial charge in [-0.1, -0.05) is 29.8 Å². The number of amides is 3. The van der Waals surface area contributed by atoms with Crippen LogP contribution in [0.4, 0.5) is 4.79 Å². The third-order valence-corrected chi connectivity index (χ3v) is 2.57. The summed E-state index contributed by atoms with van der Waals surface area (Å²) in [5, 5.41) is 5.37. The molecule has 1 saturated heterocycles. The minimum absolute atomic E-state index is 0.218. The Balaban J connectivity index is 2.27. The maximum Gasteiger partial charge on any atom is 0.321 e. The number of hydrogen-bond acceptors (Lipinski definition) is 2. The highest BCUT2D eigenvalue weighted by Crippen LogP contribution is 2.25. The summed E-state index contributed by atoms with van der Waals surface area (Å²) in [6, 6.07) is 6.34. The highest BCUT2D eigenvalue weighted by Gasteiger charge is 2.26. The van der Waals surface area contributed by atoms with Crippen LogP contribution in [0.15, 0.2) is 24.3 Å². The van der Waals surface area contributed by atoms with E-state index in [4.69, 9.17) is 11.6 Å². The number of hydrogen-bond donors (Lipinski definition) is 2. The summed E-state index contributed by atoms with van der Waals surface area (Å²) in [6.07, 6.45) is 0.218. The molecule has 1 atom stereocenters. The fourth-order valence-corrected chi connectivity index (χ4v) is 1.82. The Labute approximate surface area is 91.6 Å². The highest BCUT2D eigenvalue weighted by atomic mass is 35.5. The topological polar surface area (TPSA) is 58.2 Å². The van der Waals surface area contributed by atoms with Gasteiger partial charge in [0.25, 0.3) is 0 Å². The standard InChI is InChI=1S/C10H9ClN2O2/c11-7-4-2-1-3-6(7)8-5-9(14)13-10(15)12-8/h1-4,8H,5H2,(H2,12,13,14,15). The van der Waals surface area contributed by atoms with Gasteiger partial charge in [0.2, 0.25) is 5.91 Å². The Kier molecular flexibility index (Phi) is 2.60. The van der Waals surface area contributed by atoms with Gasteiger partial charge in [-0.2, -0.15) is 0 Å². The molecule has 0 spiro atoms. The molecule has 1 aliphatic heterocycles. The number of carbonyl (C=O) groups excluding carboxylic acids is 2. The van der Waals surface area contributed by atoms with E-state index < -0.39 is 6.03 Å². The molecule has 0 bridgehead atoms. The number of rotatable bonds is 1. The Morgan fingerprint density at radius 2 is 2.00 bits per heavy atom. The number of carbonyl (C=O) groups is 2. The fourth-order valence-electron chi connectivity index (χ4n) is 1.55. The molecule has 0 aliphatic carbocycles. The van der Waals surface area contributed by atoms with Crippen molar-refractivity contribution in [1.29, 1.82) is 0 Å². The summed E-state index contributed by atoms with van der Waals surface area (Å²) in [4.78, 5) is 22.2. The monoisotopic (exact) mass is 224 g/mol. The molecule has 0 radical (unpaired) electrons. The summed E-state index contributed by atoms with van der Waals surface area (Å²) >= 11 is 5.97. The van der Waals surface area contributed by atoms with Crippen LogP contribution in [-0.2, 0) is 4.79 Å². The number of imide groups is 1. The van der Waals surface area contributed by atoms with E-state index in [2.05, 4.69) is 10.6 Å². The molecule has 1 unspecified atom stereocenters. The molecule has 0 saturated carbocycles. The lowest BCUT2D eigenvalue weighted by atomic mass is 10.0. The van der Waals surface area contributed by atoms with E-state index >= 15 is 0 Å². The number of nitrogens with one attached hydrogen (secondary N) is 2. The van der Waals surface area contributed by atoms with Crippen molar-refractivity contribution in [3.63, 3.8) is 0 Å². The number of urea groups is 1. The van der Waals surface area contributed by atoms with Gasteiger partial charge >= 0.3 is 6.03 Å². The van der Waals surface area contributed by atoms with Crippen molar-refractivity contribution in [3.8, 4) is 0 Å². The predicted octanol–water partition coefficient (Wildman–Crippen LogP) is 1.61. The predicted molar refractivity (Wildman–Crippen MR) is 55.5 cm³/mol. The third kappa shape index (κ3) is 2.10. The summed E-state index contributed by atoms with van der Waals surface area (Å²) in [7, 11) is 0. The van der Waals surface area contributed by atoms with Crippen LogP contribution >= 0.6 is 11.6 Å². The highest BCUT2D eigenvalue weighted by molar-refractivity contribution is 6.31. The first-order valence-corrected chi connectivity index (χ1v) is 4.89. The Bertz CT molecular complexity index is 404. The molecule has 5 heteroatoms. The summed E-state index contributed by atoms with van der Waals surface area (Å²) in [5.74, 6) is -0.288. The molecule has 2 N–H and O–H groups in total. The minimum atomic E-state index is -0.476. The lowest BCUT2D eigenvalue weighted by Gasteiger charge is -2.24. The van der Waals surface area contributed by atoms with Gasteiger partial charge in [-0.05, 0) is 11.6 Å². The van der Waals surface area contributed by atoms with E-state index in [-0.39, 0.29) is 18.4 Å². The number of halogens is 1. The fraction of sp³-hybridized carbons (Fsp3) is 0.200. The van der Waals surface area contributed by atoms with Gasteiger partial charge < -0.3 is 5.32 Å². The lowest BCUT2D eigenvalue weighted by molar-refractivity contribution is -0.121. The molecule has 1 aromatic carbocycles. The second-order valence-corrected chi connectivity index (χ2v) is 3.71. The minimum Gasteiger partial charge on any atom is -0.330 e. The molecule has 1 fully saturated rings. The van der Waals surface area contributed by atoms with Crippen LogP contribution in [0, 0.1) is 0 Å². The van der Waals surface area contributed by atoms with E-state index in [0.29, 0.717) is 5.02 Å². The van der Waals surface area contributed by atoms with E-state index in [0.717, 1.165) is 5.56 Å². The molecule has 78 valence electrons. The van der Waals surface area contributed by atoms with Gasteiger partial charge in [-0.25, -0.2) is 4.79 Å². The quantitative estimate of drug-likeness (QED) is 0.762. The van der Waals surface area contributed by atoms with Crippen molar-refractivity contribution in [2.45, 2.75) is 12.5 Å². The lowest BCUT2D eigenvalue weighted by Crippen LogP contribution is -2.48.